The van der Waals surface area contributed by atoms with Crippen LogP contribution in [0.15, 0.2) is 60.6 Å². The molecule has 0 aliphatic carbocycles. The van der Waals surface area contributed by atoms with Crippen LogP contribution in [0.25, 0.3) is 11.8 Å². The van der Waals surface area contributed by atoms with Crippen molar-refractivity contribution in [3.8, 4) is 11.4 Å². The number of ether oxygens (including phenoxy) is 1. The highest BCUT2D eigenvalue weighted by atomic mass is 19.1. The van der Waals surface area contributed by atoms with Gasteiger partial charge in [-0.1, -0.05) is 18.2 Å². The molecule has 2 aromatic carbocycles. The maximum atomic E-state index is 13.6. The summed E-state index contributed by atoms with van der Waals surface area (Å²) in [5.41, 5.74) is 4.25. The number of carbonyl (C=O) groups excluding carboxylic acids is 1. The molecule has 7 heteroatoms. The zero-order chi connectivity index (χ0) is 23.8. The van der Waals surface area contributed by atoms with E-state index in [1.54, 1.807) is 25.6 Å². The Morgan fingerprint density at radius 2 is 1.97 bits per heavy atom. The molecule has 1 aromatic heterocycles. The normalized spacial score (nSPS) is 23.8. The summed E-state index contributed by atoms with van der Waals surface area (Å²) in [6.07, 6.45) is 7.59. The third kappa shape index (κ3) is 4.23. The number of carbonyl (C=O) groups is 1. The Kier molecular flexibility index (Phi) is 5.96. The van der Waals surface area contributed by atoms with Crippen molar-refractivity contribution in [3.05, 3.63) is 83.2 Å². The van der Waals surface area contributed by atoms with E-state index in [9.17, 15) is 14.3 Å². The van der Waals surface area contributed by atoms with Gasteiger partial charge in [0.25, 0.3) is 5.91 Å². The van der Waals surface area contributed by atoms with Crippen LogP contribution >= 0.6 is 0 Å². The molecule has 0 spiro atoms. The minimum Gasteiger partial charge on any atom is -0.495 e. The molecule has 3 atom stereocenters. The molecule has 0 bridgehead atoms. The van der Waals surface area contributed by atoms with Crippen molar-refractivity contribution in [2.45, 2.75) is 50.8 Å². The number of halogens is 1. The molecule has 0 saturated carbocycles. The molecule has 2 aliphatic rings. The molecular weight excluding hydrogens is 433 g/mol. The van der Waals surface area contributed by atoms with E-state index in [4.69, 9.17) is 4.74 Å². The maximum absolute atomic E-state index is 13.6. The number of fused-ring (bicyclic) bond motifs is 1. The number of benzene rings is 2. The van der Waals surface area contributed by atoms with Crippen LogP contribution in [-0.4, -0.2) is 44.7 Å². The highest BCUT2D eigenvalue weighted by Crippen LogP contribution is 2.41. The standard InChI is InChI=1S/C27H28FN3O3/c1-17-15-30(16-29-17)24-10-3-18(12-26(24)34-2)11-20-6-9-22-13-23(32)14-25(31(22)27(20)33)19-4-7-21(28)8-5-19/h3-5,7-8,10-12,15-16,22-23,25,32H,6,9,13-14H2,1-2H3/b20-11-/t22-,23?,25?/m0/s1. The van der Waals surface area contributed by atoms with Gasteiger partial charge in [-0.25, -0.2) is 9.37 Å². The number of aryl methyl sites for hydroxylation is 1. The van der Waals surface area contributed by atoms with E-state index >= 15 is 0 Å². The van der Waals surface area contributed by atoms with Crippen LogP contribution in [0, 0.1) is 12.7 Å². The fourth-order valence-electron chi connectivity index (χ4n) is 5.18. The first kappa shape index (κ1) is 22.3. The highest BCUT2D eigenvalue weighted by molar-refractivity contribution is 5.99. The number of hydrogen-bond acceptors (Lipinski definition) is 4. The predicted molar refractivity (Wildman–Crippen MR) is 127 cm³/mol. The molecule has 2 fully saturated rings. The lowest BCUT2D eigenvalue weighted by Crippen LogP contribution is -2.52. The molecule has 34 heavy (non-hydrogen) atoms. The van der Waals surface area contributed by atoms with Gasteiger partial charge < -0.3 is 19.3 Å². The van der Waals surface area contributed by atoms with Crippen LogP contribution in [0.3, 0.4) is 0 Å². The number of hydrogen-bond donors (Lipinski definition) is 1. The van der Waals surface area contributed by atoms with Gasteiger partial charge in [0, 0.05) is 17.8 Å². The summed E-state index contributed by atoms with van der Waals surface area (Å²) >= 11 is 0. The summed E-state index contributed by atoms with van der Waals surface area (Å²) in [7, 11) is 1.63. The average Bonchev–Trinajstić information content (AvgIpc) is 3.26. The van der Waals surface area contributed by atoms with Gasteiger partial charge in [0.15, 0.2) is 0 Å². The van der Waals surface area contributed by atoms with Gasteiger partial charge in [0.1, 0.15) is 11.6 Å². The number of aromatic nitrogens is 2. The van der Waals surface area contributed by atoms with Crippen LogP contribution in [0.4, 0.5) is 4.39 Å². The smallest absolute Gasteiger partial charge is 0.250 e. The molecule has 5 rings (SSSR count). The van der Waals surface area contributed by atoms with Crippen molar-refractivity contribution in [1.82, 2.24) is 14.5 Å². The van der Waals surface area contributed by atoms with Crippen molar-refractivity contribution in [1.29, 1.82) is 0 Å². The summed E-state index contributed by atoms with van der Waals surface area (Å²) < 4.78 is 21.0. The quantitative estimate of drug-likeness (QED) is 0.577. The van der Waals surface area contributed by atoms with Gasteiger partial charge in [-0.05, 0) is 74.1 Å². The highest BCUT2D eigenvalue weighted by Gasteiger charge is 2.42. The third-order valence-corrected chi connectivity index (χ3v) is 6.81. The van der Waals surface area contributed by atoms with E-state index in [0.29, 0.717) is 25.0 Å². The minimum atomic E-state index is -0.474. The Morgan fingerprint density at radius 1 is 1.18 bits per heavy atom. The lowest BCUT2D eigenvalue weighted by atomic mass is 9.82. The lowest BCUT2D eigenvalue weighted by molar-refractivity contribution is -0.139. The van der Waals surface area contributed by atoms with Crippen molar-refractivity contribution in [2.24, 2.45) is 0 Å². The Labute approximate surface area is 198 Å². The summed E-state index contributed by atoms with van der Waals surface area (Å²) in [5.74, 6) is 0.356. The second-order valence-electron chi connectivity index (χ2n) is 9.12. The van der Waals surface area contributed by atoms with E-state index in [0.717, 1.165) is 34.5 Å². The van der Waals surface area contributed by atoms with Crippen molar-refractivity contribution >= 4 is 12.0 Å². The van der Waals surface area contributed by atoms with Gasteiger partial charge in [0.05, 0.1) is 37.0 Å². The summed E-state index contributed by atoms with van der Waals surface area (Å²) in [6.45, 7) is 1.93. The summed E-state index contributed by atoms with van der Waals surface area (Å²) in [5, 5.41) is 10.5. The average molecular weight is 462 g/mol. The number of amides is 1. The number of imidazole rings is 1. The fraction of sp³-hybridized carbons (Fsp3) is 0.333. The van der Waals surface area contributed by atoms with E-state index in [-0.39, 0.29) is 23.8 Å². The van der Waals surface area contributed by atoms with Crippen LogP contribution in [-0.2, 0) is 4.79 Å². The number of aliphatic hydroxyl groups excluding tert-OH is 1. The third-order valence-electron chi connectivity index (χ3n) is 6.81. The monoisotopic (exact) mass is 461 g/mol. The molecule has 2 aliphatic heterocycles. The Balaban J connectivity index is 1.45. The Hall–Kier alpha value is -3.45. The van der Waals surface area contributed by atoms with Crippen molar-refractivity contribution in [3.63, 3.8) is 0 Å². The lowest BCUT2D eigenvalue weighted by Gasteiger charge is -2.47. The number of methoxy groups -OCH3 is 1. The van der Waals surface area contributed by atoms with E-state index in [2.05, 4.69) is 4.98 Å². The van der Waals surface area contributed by atoms with E-state index in [1.807, 2.05) is 46.9 Å². The van der Waals surface area contributed by atoms with Crippen LogP contribution in [0.2, 0.25) is 0 Å². The second-order valence-corrected chi connectivity index (χ2v) is 9.12. The van der Waals surface area contributed by atoms with Gasteiger partial charge >= 0.3 is 0 Å². The first-order valence-electron chi connectivity index (χ1n) is 11.6. The Bertz CT molecular complexity index is 1230. The van der Waals surface area contributed by atoms with Crippen LogP contribution in [0.5, 0.6) is 5.75 Å². The molecule has 3 heterocycles. The molecule has 0 radical (unpaired) electrons. The molecule has 1 N–H and O–H groups in total. The van der Waals surface area contributed by atoms with Crippen LogP contribution < -0.4 is 4.74 Å². The molecular formula is C27H28FN3O3. The van der Waals surface area contributed by atoms with Crippen molar-refractivity contribution < 1.29 is 19.0 Å². The number of nitrogens with zero attached hydrogens (tertiary/aromatic N) is 3. The van der Waals surface area contributed by atoms with Crippen LogP contribution in [0.1, 0.15) is 48.5 Å². The SMILES string of the molecule is COc1cc(/C=C2/CC[C@H]3CC(O)CC(c4ccc(F)cc4)N3C2=O)ccc1-n1cnc(C)c1. The van der Waals surface area contributed by atoms with Gasteiger partial charge in [-0.3, -0.25) is 4.79 Å². The molecule has 176 valence electrons. The van der Waals surface area contributed by atoms with E-state index in [1.165, 1.54) is 12.1 Å². The van der Waals surface area contributed by atoms with Gasteiger partial charge in [-0.2, -0.15) is 0 Å². The number of aliphatic hydroxyl groups is 1. The minimum absolute atomic E-state index is 0.0225. The van der Waals surface area contributed by atoms with Crippen molar-refractivity contribution in [2.75, 3.05) is 7.11 Å². The zero-order valence-electron chi connectivity index (χ0n) is 19.3. The molecule has 3 aromatic rings. The van der Waals surface area contributed by atoms with E-state index < -0.39 is 6.10 Å². The maximum Gasteiger partial charge on any atom is 0.250 e. The first-order chi connectivity index (χ1) is 16.4. The topological polar surface area (TPSA) is 67.6 Å². The predicted octanol–water partition coefficient (Wildman–Crippen LogP) is 4.60. The largest absolute Gasteiger partial charge is 0.495 e. The summed E-state index contributed by atoms with van der Waals surface area (Å²) in [6, 6.07) is 11.8. The van der Waals surface area contributed by atoms with Gasteiger partial charge in [0.2, 0.25) is 0 Å². The molecule has 2 saturated heterocycles. The Morgan fingerprint density at radius 3 is 2.68 bits per heavy atom. The number of piperidine rings is 2. The molecule has 2 unspecified atom stereocenters. The zero-order valence-corrected chi connectivity index (χ0v) is 19.3. The van der Waals surface area contributed by atoms with Gasteiger partial charge in [-0.15, -0.1) is 0 Å². The first-order valence-corrected chi connectivity index (χ1v) is 11.6. The number of rotatable bonds is 4. The summed E-state index contributed by atoms with van der Waals surface area (Å²) in [4.78, 5) is 19.8. The molecule has 6 nitrogen and oxygen atoms in total. The second kappa shape index (κ2) is 9.06. The molecule has 1 amide bonds. The fourth-order valence-corrected chi connectivity index (χ4v) is 5.18.